The molecule has 4 aliphatic rings. The van der Waals surface area contributed by atoms with Crippen molar-refractivity contribution in [1.82, 2.24) is 20.1 Å². The van der Waals surface area contributed by atoms with E-state index in [-0.39, 0.29) is 11.9 Å². The van der Waals surface area contributed by atoms with Crippen LogP contribution in [0.5, 0.6) is 0 Å². The van der Waals surface area contributed by atoms with Crippen molar-refractivity contribution in [2.24, 2.45) is 11.3 Å². The highest BCUT2D eigenvalue weighted by Crippen LogP contribution is 2.59. The Morgan fingerprint density at radius 1 is 1.16 bits per heavy atom. The Labute approximate surface area is 190 Å². The molecule has 3 amide bonds. The second-order valence-electron chi connectivity index (χ2n) is 9.27. The average molecular weight is 436 g/mol. The van der Waals surface area contributed by atoms with Crippen LogP contribution in [0.15, 0.2) is 42.3 Å². The van der Waals surface area contributed by atoms with E-state index in [4.69, 9.17) is 5.41 Å². The third kappa shape index (κ3) is 4.76. The van der Waals surface area contributed by atoms with Gasteiger partial charge >= 0.3 is 6.03 Å². The number of fused-ring (bicyclic) bond motifs is 1. The van der Waals surface area contributed by atoms with Crippen molar-refractivity contribution in [3.8, 4) is 0 Å². The summed E-state index contributed by atoms with van der Waals surface area (Å²) in [6, 6.07) is 2.02. The minimum atomic E-state index is 0.0228. The fourth-order valence-corrected chi connectivity index (χ4v) is 5.31. The van der Waals surface area contributed by atoms with E-state index in [0.29, 0.717) is 30.8 Å². The van der Waals surface area contributed by atoms with Crippen molar-refractivity contribution in [3.05, 3.63) is 53.4 Å². The van der Waals surface area contributed by atoms with Crippen molar-refractivity contribution < 1.29 is 9.59 Å². The number of nitrogens with one attached hydrogen (secondary N) is 2. The van der Waals surface area contributed by atoms with Gasteiger partial charge in [-0.05, 0) is 72.9 Å². The molecular weight excluding hydrogens is 402 g/mol. The number of hydrogen-bond acceptors (Lipinski definition) is 4. The number of hydrogen-bond donors (Lipinski definition) is 2. The number of urea groups is 1. The molecule has 7 heteroatoms. The molecule has 0 aromatic carbocycles. The van der Waals surface area contributed by atoms with Crippen LogP contribution in [0.3, 0.4) is 0 Å². The molecule has 1 saturated heterocycles. The van der Waals surface area contributed by atoms with Crippen molar-refractivity contribution in [2.45, 2.75) is 51.6 Å². The molecule has 1 aromatic rings. The third-order valence-electron chi connectivity index (χ3n) is 7.41. The van der Waals surface area contributed by atoms with Crippen LogP contribution in [0.25, 0.3) is 0 Å². The van der Waals surface area contributed by atoms with E-state index < -0.39 is 0 Å². The van der Waals surface area contributed by atoms with Gasteiger partial charge in [0.2, 0.25) is 5.91 Å². The molecule has 0 bridgehead atoms. The lowest BCUT2D eigenvalue weighted by atomic mass is 9.90. The lowest BCUT2D eigenvalue weighted by molar-refractivity contribution is -0.132. The van der Waals surface area contributed by atoms with Gasteiger partial charge in [-0.15, -0.1) is 0 Å². The lowest BCUT2D eigenvalue weighted by Crippen LogP contribution is -2.41. The number of piperidine rings is 1. The van der Waals surface area contributed by atoms with Crippen molar-refractivity contribution in [1.29, 1.82) is 5.41 Å². The average Bonchev–Trinajstić information content (AvgIpc) is 3.31. The molecule has 7 nitrogen and oxygen atoms in total. The number of likely N-dealkylation sites (tertiary alicyclic amines) is 1. The number of nitrogens with zero attached hydrogens (tertiary/aromatic N) is 3. The molecule has 170 valence electrons. The molecule has 32 heavy (non-hydrogen) atoms. The molecule has 2 fully saturated rings. The van der Waals surface area contributed by atoms with E-state index in [1.807, 2.05) is 22.1 Å². The van der Waals surface area contributed by atoms with Gasteiger partial charge in [0.15, 0.2) is 0 Å². The summed E-state index contributed by atoms with van der Waals surface area (Å²) in [6.45, 7) is 6.27. The maximum absolute atomic E-state index is 12.6. The van der Waals surface area contributed by atoms with Crippen LogP contribution >= 0.6 is 0 Å². The molecule has 1 atom stereocenters. The molecule has 2 N–H and O–H groups in total. The smallest absolute Gasteiger partial charge is 0.318 e. The van der Waals surface area contributed by atoms with E-state index in [1.54, 1.807) is 6.20 Å². The summed E-state index contributed by atoms with van der Waals surface area (Å²) in [4.78, 5) is 33.2. The predicted octanol–water partition coefficient (Wildman–Crippen LogP) is 3.67. The summed E-state index contributed by atoms with van der Waals surface area (Å²) < 4.78 is 0. The molecule has 1 spiro atoms. The van der Waals surface area contributed by atoms with Crippen LogP contribution in [0.1, 0.15) is 49.7 Å². The van der Waals surface area contributed by atoms with Crippen molar-refractivity contribution in [3.63, 3.8) is 0 Å². The summed E-state index contributed by atoms with van der Waals surface area (Å²) in [5.41, 5.74) is 3.84. The highest BCUT2D eigenvalue weighted by Gasteiger charge is 2.54. The van der Waals surface area contributed by atoms with E-state index in [1.165, 1.54) is 17.6 Å². The first-order valence-corrected chi connectivity index (χ1v) is 11.6. The monoisotopic (exact) mass is 435 g/mol. The largest absolute Gasteiger partial charge is 0.342 e. The number of allylic oxidation sites excluding steroid dienone is 3. The highest BCUT2D eigenvalue weighted by molar-refractivity contribution is 5.79. The highest BCUT2D eigenvalue weighted by atomic mass is 16.2. The van der Waals surface area contributed by atoms with Crippen LogP contribution in [0.4, 0.5) is 4.79 Å². The topological polar surface area (TPSA) is 89.4 Å². The summed E-state index contributed by atoms with van der Waals surface area (Å²) in [5, 5.41) is 8.65. The van der Waals surface area contributed by atoms with Gasteiger partial charge in [0.25, 0.3) is 0 Å². The van der Waals surface area contributed by atoms with Crippen LogP contribution < -0.4 is 5.32 Å². The molecule has 5 rings (SSSR count). The standard InChI is InChI=1S/C24H30N4O2.CH3N/c29-22(12-18-4-2-1-3-5-18)27-10-7-24(8-11-27)13-21(24)15-26-23(30)28-16-19-6-9-25-14-20(19)17-28;1-2/h2,4-6,9,14,21H,1,3,7-8,10-13,15-17H2,(H,26,30);2H,1H2. The third-order valence-corrected chi connectivity index (χ3v) is 7.41. The Morgan fingerprint density at radius 3 is 2.66 bits per heavy atom. The minimum Gasteiger partial charge on any atom is -0.342 e. The second-order valence-corrected chi connectivity index (χ2v) is 9.27. The van der Waals surface area contributed by atoms with E-state index in [2.05, 4.69) is 35.2 Å². The summed E-state index contributed by atoms with van der Waals surface area (Å²) >= 11 is 0. The van der Waals surface area contributed by atoms with Crippen molar-refractivity contribution in [2.75, 3.05) is 19.6 Å². The molecule has 3 heterocycles. The number of amides is 3. The van der Waals surface area contributed by atoms with Gasteiger partial charge in [-0.1, -0.05) is 18.2 Å². The zero-order valence-corrected chi connectivity index (χ0v) is 18.7. The Balaban J connectivity index is 0.00000119. The van der Waals surface area contributed by atoms with Crippen LogP contribution in [-0.4, -0.2) is 53.1 Å². The summed E-state index contributed by atoms with van der Waals surface area (Å²) in [7, 11) is 0. The fraction of sp³-hybridized carbons (Fsp3) is 0.520. The minimum absolute atomic E-state index is 0.0228. The zero-order chi connectivity index (χ0) is 22.6. The number of carbonyl (C=O) groups excluding carboxylic acids is 2. The van der Waals surface area contributed by atoms with E-state index >= 15 is 0 Å². The molecule has 2 aliphatic carbocycles. The summed E-state index contributed by atoms with van der Waals surface area (Å²) in [6.07, 6.45) is 16.1. The first-order chi connectivity index (χ1) is 15.6. The van der Waals surface area contributed by atoms with Gasteiger partial charge in [0.05, 0.1) is 6.42 Å². The Hall–Kier alpha value is -2.96. The Bertz CT molecular complexity index is 892. The van der Waals surface area contributed by atoms with Gasteiger partial charge in [0, 0.05) is 45.1 Å². The fourth-order valence-electron chi connectivity index (χ4n) is 5.31. The SMILES string of the molecule is C=N.O=C(CC1=CCCC=C1)N1CCC2(CC1)CC2CNC(=O)N1Cc2ccncc2C1. The van der Waals surface area contributed by atoms with Gasteiger partial charge in [-0.3, -0.25) is 9.78 Å². The second kappa shape index (κ2) is 9.67. The number of pyridine rings is 1. The van der Waals surface area contributed by atoms with Crippen LogP contribution in [0.2, 0.25) is 0 Å². The van der Waals surface area contributed by atoms with E-state index in [9.17, 15) is 9.59 Å². The quantitative estimate of drug-likeness (QED) is 0.707. The predicted molar refractivity (Wildman–Crippen MR) is 124 cm³/mol. The Morgan fingerprint density at radius 2 is 1.94 bits per heavy atom. The first kappa shape index (κ1) is 22.2. The van der Waals surface area contributed by atoms with E-state index in [0.717, 1.165) is 50.9 Å². The molecule has 1 aromatic heterocycles. The summed E-state index contributed by atoms with van der Waals surface area (Å²) in [5.74, 6) is 0.811. The molecule has 1 unspecified atom stereocenters. The molecule has 2 aliphatic heterocycles. The molecular formula is C25H33N5O2. The number of aromatic nitrogens is 1. The first-order valence-electron chi connectivity index (χ1n) is 11.6. The normalized spacial score (nSPS) is 22.5. The molecule has 1 saturated carbocycles. The van der Waals surface area contributed by atoms with Gasteiger partial charge in [-0.2, -0.15) is 0 Å². The van der Waals surface area contributed by atoms with Gasteiger partial charge in [-0.25, -0.2) is 4.79 Å². The van der Waals surface area contributed by atoms with Crippen molar-refractivity contribution >= 4 is 18.7 Å². The Kier molecular flexibility index (Phi) is 6.72. The lowest BCUT2D eigenvalue weighted by Gasteiger charge is -2.33. The molecule has 0 radical (unpaired) electrons. The van der Waals surface area contributed by atoms with Gasteiger partial charge < -0.3 is 20.5 Å². The van der Waals surface area contributed by atoms with Crippen LogP contribution in [-0.2, 0) is 17.9 Å². The number of carbonyl (C=O) groups is 2. The maximum atomic E-state index is 12.6. The maximum Gasteiger partial charge on any atom is 0.318 e. The number of rotatable bonds is 4. The van der Waals surface area contributed by atoms with Gasteiger partial charge in [0.1, 0.15) is 0 Å². The zero-order valence-electron chi connectivity index (χ0n) is 18.7. The van der Waals surface area contributed by atoms with Crippen LogP contribution in [0, 0.1) is 16.7 Å².